The van der Waals surface area contributed by atoms with E-state index in [2.05, 4.69) is 15.5 Å². The van der Waals surface area contributed by atoms with E-state index in [9.17, 15) is 13.2 Å². The van der Waals surface area contributed by atoms with Gasteiger partial charge in [-0.15, -0.1) is 10.2 Å². The zero-order valence-corrected chi connectivity index (χ0v) is 16.7. The number of hydrogen-bond donors (Lipinski definition) is 1. The number of sulfone groups is 1. The van der Waals surface area contributed by atoms with E-state index >= 15 is 0 Å². The average molecular weight is 413 g/mol. The summed E-state index contributed by atoms with van der Waals surface area (Å²) in [5.74, 6) is 0.355. The number of amides is 1. The molecule has 0 bridgehead atoms. The van der Waals surface area contributed by atoms with Crippen molar-refractivity contribution in [3.8, 4) is 0 Å². The first kappa shape index (κ1) is 19.1. The van der Waals surface area contributed by atoms with E-state index in [0.717, 1.165) is 5.56 Å². The molecule has 1 fully saturated rings. The summed E-state index contributed by atoms with van der Waals surface area (Å²) in [6.45, 7) is 0.665. The molecular weight excluding hydrogens is 392 g/mol. The minimum Gasteiger partial charge on any atom is -0.356 e. The van der Waals surface area contributed by atoms with Gasteiger partial charge >= 0.3 is 0 Å². The van der Waals surface area contributed by atoms with Gasteiger partial charge in [-0.05, 0) is 12.0 Å². The number of hydrogen-bond acceptors (Lipinski definition) is 8. The Bertz CT molecular complexity index is 855. The Hall–Kier alpha value is -1.65. The second-order valence-electron chi connectivity index (χ2n) is 6.06. The summed E-state index contributed by atoms with van der Waals surface area (Å²) < 4.78 is 23.8. The van der Waals surface area contributed by atoms with Crippen molar-refractivity contribution in [3.63, 3.8) is 0 Å². The lowest BCUT2D eigenvalue weighted by Crippen LogP contribution is -2.38. The molecular formula is C16H20N4O3S3. The standard InChI is InChI=1S/C16H20N4O3S3/c1-20(13-7-8-26(22,23)11-13)14(21)10-24-16-19-18-15(25-16)17-9-12-5-3-2-4-6-12/h2-6,13H,7-11H2,1H3,(H,17,18)/t13-/m0/s1. The molecule has 10 heteroatoms. The van der Waals surface area contributed by atoms with Crippen LogP contribution in [0.2, 0.25) is 0 Å². The fraction of sp³-hybridized carbons (Fsp3) is 0.438. The zero-order chi connectivity index (χ0) is 18.6. The number of aromatic nitrogens is 2. The second kappa shape index (κ2) is 8.36. The van der Waals surface area contributed by atoms with Crippen LogP contribution in [0.4, 0.5) is 5.13 Å². The Morgan fingerprint density at radius 1 is 1.35 bits per heavy atom. The molecule has 1 saturated heterocycles. The third-order valence-corrected chi connectivity index (χ3v) is 7.91. The first-order valence-electron chi connectivity index (χ1n) is 8.13. The van der Waals surface area contributed by atoms with Gasteiger partial charge < -0.3 is 10.2 Å². The van der Waals surface area contributed by atoms with Crippen molar-refractivity contribution in [3.05, 3.63) is 35.9 Å². The van der Waals surface area contributed by atoms with Crippen molar-refractivity contribution in [2.45, 2.75) is 23.3 Å². The van der Waals surface area contributed by atoms with Crippen LogP contribution in [0.5, 0.6) is 0 Å². The van der Waals surface area contributed by atoms with Crippen molar-refractivity contribution >= 4 is 44.0 Å². The predicted octanol–water partition coefficient (Wildman–Crippen LogP) is 1.89. The van der Waals surface area contributed by atoms with Crippen LogP contribution in [0, 0.1) is 0 Å². The quantitative estimate of drug-likeness (QED) is 0.694. The molecule has 1 aliphatic heterocycles. The molecule has 3 rings (SSSR count). The molecule has 7 nitrogen and oxygen atoms in total. The van der Waals surface area contributed by atoms with Crippen molar-refractivity contribution in [1.82, 2.24) is 15.1 Å². The predicted molar refractivity (Wildman–Crippen MR) is 104 cm³/mol. The summed E-state index contributed by atoms with van der Waals surface area (Å²) >= 11 is 2.72. The van der Waals surface area contributed by atoms with Gasteiger partial charge in [0, 0.05) is 19.6 Å². The lowest BCUT2D eigenvalue weighted by atomic mass is 10.2. The Morgan fingerprint density at radius 2 is 2.12 bits per heavy atom. The van der Waals surface area contributed by atoms with Crippen LogP contribution in [0.15, 0.2) is 34.7 Å². The van der Waals surface area contributed by atoms with Crippen LogP contribution in [0.3, 0.4) is 0 Å². The van der Waals surface area contributed by atoms with Crippen molar-refractivity contribution in [2.24, 2.45) is 0 Å². The van der Waals surface area contributed by atoms with Gasteiger partial charge in [0.1, 0.15) is 0 Å². The summed E-state index contributed by atoms with van der Waals surface area (Å²) in [5, 5.41) is 12.1. The van der Waals surface area contributed by atoms with Gasteiger partial charge in [-0.25, -0.2) is 8.42 Å². The third-order valence-electron chi connectivity index (χ3n) is 4.16. The summed E-state index contributed by atoms with van der Waals surface area (Å²) in [4.78, 5) is 13.8. The molecule has 1 atom stereocenters. The fourth-order valence-corrected chi connectivity index (χ4v) is 6.07. The molecule has 140 valence electrons. The zero-order valence-electron chi connectivity index (χ0n) is 14.3. The number of thioether (sulfide) groups is 1. The maximum atomic E-state index is 12.3. The highest BCUT2D eigenvalue weighted by Gasteiger charge is 2.32. The minimum absolute atomic E-state index is 0.0618. The van der Waals surface area contributed by atoms with E-state index in [1.807, 2.05) is 30.3 Å². The van der Waals surface area contributed by atoms with Gasteiger partial charge in [0.15, 0.2) is 14.2 Å². The molecule has 0 radical (unpaired) electrons. The van der Waals surface area contributed by atoms with Crippen molar-refractivity contribution in [2.75, 3.05) is 29.6 Å². The smallest absolute Gasteiger partial charge is 0.233 e. The Kier molecular flexibility index (Phi) is 6.15. The number of rotatable bonds is 7. The van der Waals surface area contributed by atoms with Crippen LogP contribution in [0.1, 0.15) is 12.0 Å². The third kappa shape index (κ3) is 5.18. The van der Waals surface area contributed by atoms with Crippen LogP contribution in [0.25, 0.3) is 0 Å². The molecule has 1 aromatic carbocycles. The molecule has 0 spiro atoms. The molecule has 1 N–H and O–H groups in total. The molecule has 2 aromatic rings. The van der Waals surface area contributed by atoms with Gasteiger partial charge in [-0.3, -0.25) is 4.79 Å². The number of benzene rings is 1. The van der Waals surface area contributed by atoms with Crippen LogP contribution in [-0.2, 0) is 21.2 Å². The Morgan fingerprint density at radius 3 is 2.81 bits per heavy atom. The number of carbonyl (C=O) groups excluding carboxylic acids is 1. The SMILES string of the molecule is CN(C(=O)CSc1nnc(NCc2ccccc2)s1)[C@H]1CCS(=O)(=O)C1. The summed E-state index contributed by atoms with van der Waals surface area (Å²) in [6, 6.07) is 9.78. The van der Waals surface area contributed by atoms with E-state index in [-0.39, 0.29) is 29.2 Å². The topological polar surface area (TPSA) is 92.3 Å². The van der Waals surface area contributed by atoms with Gasteiger partial charge in [0.2, 0.25) is 11.0 Å². The number of nitrogens with zero attached hydrogens (tertiary/aromatic N) is 3. The highest BCUT2D eigenvalue weighted by atomic mass is 32.2. The molecule has 0 unspecified atom stereocenters. The first-order valence-corrected chi connectivity index (χ1v) is 11.8. The monoisotopic (exact) mass is 412 g/mol. The molecule has 2 heterocycles. The van der Waals surface area contributed by atoms with Gasteiger partial charge in [0.05, 0.1) is 17.3 Å². The Labute approximate surface area is 161 Å². The largest absolute Gasteiger partial charge is 0.356 e. The first-order chi connectivity index (χ1) is 12.4. The molecule has 0 saturated carbocycles. The van der Waals surface area contributed by atoms with Crippen LogP contribution in [-0.4, -0.2) is 59.8 Å². The maximum absolute atomic E-state index is 12.3. The van der Waals surface area contributed by atoms with Gasteiger partial charge in [0.25, 0.3) is 0 Å². The highest BCUT2D eigenvalue weighted by Crippen LogP contribution is 2.26. The second-order valence-corrected chi connectivity index (χ2v) is 10.5. The lowest BCUT2D eigenvalue weighted by molar-refractivity contribution is -0.128. The Balaban J connectivity index is 1.46. The maximum Gasteiger partial charge on any atom is 0.233 e. The van der Waals surface area contributed by atoms with Crippen LogP contribution >= 0.6 is 23.1 Å². The molecule has 1 amide bonds. The molecule has 1 aliphatic rings. The van der Waals surface area contributed by atoms with Crippen molar-refractivity contribution < 1.29 is 13.2 Å². The normalized spacial score (nSPS) is 18.6. The van der Waals surface area contributed by atoms with E-state index < -0.39 is 9.84 Å². The van der Waals surface area contributed by atoms with E-state index in [1.54, 1.807) is 11.9 Å². The highest BCUT2D eigenvalue weighted by molar-refractivity contribution is 8.01. The number of carbonyl (C=O) groups is 1. The average Bonchev–Trinajstić information content (AvgIpc) is 3.24. The molecule has 0 aliphatic carbocycles. The van der Waals surface area contributed by atoms with Gasteiger partial charge in [-0.2, -0.15) is 0 Å². The summed E-state index contributed by atoms with van der Waals surface area (Å²) in [5.41, 5.74) is 1.15. The number of anilines is 1. The van der Waals surface area contributed by atoms with Crippen molar-refractivity contribution in [1.29, 1.82) is 0 Å². The lowest BCUT2D eigenvalue weighted by Gasteiger charge is -2.22. The van der Waals surface area contributed by atoms with E-state index in [1.165, 1.54) is 23.1 Å². The molecule has 26 heavy (non-hydrogen) atoms. The summed E-state index contributed by atoms with van der Waals surface area (Å²) in [6.07, 6.45) is 0.515. The van der Waals surface area contributed by atoms with E-state index in [0.29, 0.717) is 22.4 Å². The van der Waals surface area contributed by atoms with Crippen LogP contribution < -0.4 is 5.32 Å². The van der Waals surface area contributed by atoms with Gasteiger partial charge in [-0.1, -0.05) is 53.4 Å². The van der Waals surface area contributed by atoms with E-state index in [4.69, 9.17) is 0 Å². The fourth-order valence-electron chi connectivity index (χ4n) is 2.62. The summed E-state index contributed by atoms with van der Waals surface area (Å²) in [7, 11) is -1.33. The number of nitrogens with one attached hydrogen (secondary N) is 1. The molecule has 1 aromatic heterocycles. The minimum atomic E-state index is -3.00.